The maximum absolute atomic E-state index is 11.5. The predicted octanol–water partition coefficient (Wildman–Crippen LogP) is 3.07. The van der Waals surface area contributed by atoms with Crippen LogP contribution in [0.2, 0.25) is 0 Å². The largest absolute Gasteiger partial charge is 0.497 e. The molecule has 2 aromatic rings. The van der Waals surface area contributed by atoms with Gasteiger partial charge in [0.2, 0.25) is 0 Å². The smallest absolute Gasteiger partial charge is 0.311 e. The second-order valence-corrected chi connectivity index (χ2v) is 4.74. The molecule has 0 bridgehead atoms. The van der Waals surface area contributed by atoms with Crippen LogP contribution in [0, 0.1) is 6.92 Å². The SMILES string of the molecule is CCC(C(=O)O)c1c(C)n(C)c2ccc(OC)cc12. The minimum Gasteiger partial charge on any atom is -0.497 e. The Morgan fingerprint density at radius 2 is 2.16 bits per heavy atom. The average Bonchev–Trinajstić information content (AvgIpc) is 2.64. The van der Waals surface area contributed by atoms with Crippen LogP contribution >= 0.6 is 0 Å². The molecule has 1 heterocycles. The second kappa shape index (κ2) is 4.96. The highest BCUT2D eigenvalue weighted by Crippen LogP contribution is 2.35. The summed E-state index contributed by atoms with van der Waals surface area (Å²) in [5, 5.41) is 10.4. The molecule has 1 aromatic heterocycles. The summed E-state index contributed by atoms with van der Waals surface area (Å²) in [6.45, 7) is 3.87. The van der Waals surface area contributed by atoms with Gasteiger partial charge in [0, 0.05) is 23.6 Å². The number of aromatic nitrogens is 1. The Balaban J connectivity index is 2.77. The lowest BCUT2D eigenvalue weighted by Crippen LogP contribution is -2.11. The van der Waals surface area contributed by atoms with Gasteiger partial charge in [0.05, 0.1) is 13.0 Å². The van der Waals surface area contributed by atoms with Crippen molar-refractivity contribution < 1.29 is 14.6 Å². The fourth-order valence-electron chi connectivity index (χ4n) is 2.65. The van der Waals surface area contributed by atoms with Gasteiger partial charge < -0.3 is 14.4 Å². The van der Waals surface area contributed by atoms with Gasteiger partial charge in [0.15, 0.2) is 0 Å². The quantitative estimate of drug-likeness (QED) is 0.920. The summed E-state index contributed by atoms with van der Waals surface area (Å²) in [4.78, 5) is 11.5. The molecule has 4 nitrogen and oxygen atoms in total. The van der Waals surface area contributed by atoms with E-state index in [1.54, 1.807) is 7.11 Å². The zero-order chi connectivity index (χ0) is 14.2. The average molecular weight is 261 g/mol. The summed E-state index contributed by atoms with van der Waals surface area (Å²) >= 11 is 0. The number of methoxy groups -OCH3 is 1. The van der Waals surface area contributed by atoms with E-state index in [2.05, 4.69) is 0 Å². The normalized spacial score (nSPS) is 12.6. The molecule has 0 aliphatic heterocycles. The van der Waals surface area contributed by atoms with Crippen molar-refractivity contribution in [1.29, 1.82) is 0 Å². The molecule has 0 fully saturated rings. The number of hydrogen-bond acceptors (Lipinski definition) is 2. The molecule has 0 saturated heterocycles. The lowest BCUT2D eigenvalue weighted by Gasteiger charge is -2.11. The van der Waals surface area contributed by atoms with Crippen molar-refractivity contribution in [3.63, 3.8) is 0 Å². The Morgan fingerprint density at radius 1 is 1.47 bits per heavy atom. The maximum atomic E-state index is 11.5. The van der Waals surface area contributed by atoms with Gasteiger partial charge >= 0.3 is 5.97 Å². The lowest BCUT2D eigenvalue weighted by atomic mass is 9.94. The zero-order valence-electron chi connectivity index (χ0n) is 11.7. The first-order valence-electron chi connectivity index (χ1n) is 6.37. The molecule has 1 aromatic carbocycles. The van der Waals surface area contributed by atoms with Gasteiger partial charge in [-0.05, 0) is 37.1 Å². The Kier molecular flexibility index (Phi) is 3.51. The second-order valence-electron chi connectivity index (χ2n) is 4.74. The summed E-state index contributed by atoms with van der Waals surface area (Å²) < 4.78 is 7.28. The van der Waals surface area contributed by atoms with Crippen molar-refractivity contribution in [3.05, 3.63) is 29.5 Å². The Bertz CT molecular complexity index is 628. The van der Waals surface area contributed by atoms with Crippen molar-refractivity contribution in [3.8, 4) is 5.75 Å². The van der Waals surface area contributed by atoms with Gasteiger partial charge in [0.25, 0.3) is 0 Å². The number of rotatable bonds is 4. The van der Waals surface area contributed by atoms with Crippen LogP contribution in [-0.2, 0) is 11.8 Å². The molecule has 19 heavy (non-hydrogen) atoms. The molecule has 1 unspecified atom stereocenters. The third-order valence-electron chi connectivity index (χ3n) is 3.80. The van der Waals surface area contributed by atoms with E-state index in [1.165, 1.54) is 0 Å². The molecule has 4 heteroatoms. The van der Waals surface area contributed by atoms with E-state index in [-0.39, 0.29) is 0 Å². The van der Waals surface area contributed by atoms with E-state index in [4.69, 9.17) is 4.74 Å². The third kappa shape index (κ3) is 2.07. The first kappa shape index (κ1) is 13.5. The predicted molar refractivity (Wildman–Crippen MR) is 74.9 cm³/mol. The molecule has 2 rings (SSSR count). The van der Waals surface area contributed by atoms with Crippen molar-refractivity contribution in [2.45, 2.75) is 26.2 Å². The molecular formula is C15H19NO3. The van der Waals surface area contributed by atoms with Crippen LogP contribution in [0.3, 0.4) is 0 Å². The van der Waals surface area contributed by atoms with Crippen LogP contribution in [0.4, 0.5) is 0 Å². The van der Waals surface area contributed by atoms with E-state index < -0.39 is 11.9 Å². The van der Waals surface area contributed by atoms with Gasteiger partial charge in [-0.1, -0.05) is 6.92 Å². The van der Waals surface area contributed by atoms with Crippen LogP contribution in [0.1, 0.15) is 30.5 Å². The molecule has 1 atom stereocenters. The number of benzene rings is 1. The van der Waals surface area contributed by atoms with Gasteiger partial charge in [-0.3, -0.25) is 4.79 Å². The van der Waals surface area contributed by atoms with Crippen molar-refractivity contribution in [1.82, 2.24) is 4.57 Å². The number of aryl methyl sites for hydroxylation is 1. The number of carbonyl (C=O) groups is 1. The van der Waals surface area contributed by atoms with Crippen molar-refractivity contribution in [2.75, 3.05) is 7.11 Å². The van der Waals surface area contributed by atoms with Gasteiger partial charge in [-0.25, -0.2) is 0 Å². The minimum atomic E-state index is -0.777. The zero-order valence-corrected chi connectivity index (χ0v) is 11.7. The van der Waals surface area contributed by atoms with Crippen LogP contribution < -0.4 is 4.74 Å². The van der Waals surface area contributed by atoms with Crippen molar-refractivity contribution in [2.24, 2.45) is 7.05 Å². The molecular weight excluding hydrogens is 242 g/mol. The number of carboxylic acids is 1. The minimum absolute atomic E-state index is 0.476. The monoisotopic (exact) mass is 261 g/mol. The number of carboxylic acid groups (broad SMARTS) is 1. The Labute approximate surface area is 112 Å². The van der Waals surface area contributed by atoms with E-state index >= 15 is 0 Å². The standard InChI is InChI=1S/C15H19NO3/c1-5-11(15(17)18)14-9(2)16(3)13-7-6-10(19-4)8-12(13)14/h6-8,11H,5H2,1-4H3,(H,17,18). The highest BCUT2D eigenvalue weighted by Gasteiger charge is 2.25. The molecule has 102 valence electrons. The van der Waals surface area contributed by atoms with Crippen molar-refractivity contribution >= 4 is 16.9 Å². The third-order valence-corrected chi connectivity index (χ3v) is 3.80. The first-order valence-corrected chi connectivity index (χ1v) is 6.37. The van der Waals surface area contributed by atoms with E-state index in [0.29, 0.717) is 6.42 Å². The van der Waals surface area contributed by atoms with E-state index in [9.17, 15) is 9.90 Å². The van der Waals surface area contributed by atoms with Gasteiger partial charge in [-0.15, -0.1) is 0 Å². The highest BCUT2D eigenvalue weighted by atomic mass is 16.5. The van der Waals surface area contributed by atoms with E-state index in [1.807, 2.05) is 43.7 Å². The number of aliphatic carboxylic acids is 1. The van der Waals surface area contributed by atoms with Crippen LogP contribution in [-0.4, -0.2) is 22.8 Å². The summed E-state index contributed by atoms with van der Waals surface area (Å²) in [5.41, 5.74) is 2.93. The van der Waals surface area contributed by atoms with E-state index in [0.717, 1.165) is 27.9 Å². The fraction of sp³-hybridized carbons (Fsp3) is 0.400. The summed E-state index contributed by atoms with van der Waals surface area (Å²) in [7, 11) is 3.58. The van der Waals surface area contributed by atoms with Gasteiger partial charge in [-0.2, -0.15) is 0 Å². The fourth-order valence-corrected chi connectivity index (χ4v) is 2.65. The number of ether oxygens (including phenoxy) is 1. The van der Waals surface area contributed by atoms with Crippen LogP contribution in [0.5, 0.6) is 5.75 Å². The first-order chi connectivity index (χ1) is 9.01. The summed E-state index contributed by atoms with van der Waals surface area (Å²) in [6, 6.07) is 5.79. The Morgan fingerprint density at radius 3 is 2.68 bits per heavy atom. The molecule has 0 radical (unpaired) electrons. The molecule has 0 saturated carbocycles. The molecule has 0 aliphatic rings. The molecule has 1 N–H and O–H groups in total. The molecule has 0 aliphatic carbocycles. The van der Waals surface area contributed by atoms with Crippen LogP contribution in [0.15, 0.2) is 18.2 Å². The maximum Gasteiger partial charge on any atom is 0.311 e. The summed E-state index contributed by atoms with van der Waals surface area (Å²) in [5.74, 6) is -0.503. The lowest BCUT2D eigenvalue weighted by molar-refractivity contribution is -0.138. The number of fused-ring (bicyclic) bond motifs is 1. The topological polar surface area (TPSA) is 51.5 Å². The molecule has 0 spiro atoms. The Hall–Kier alpha value is -1.97. The molecule has 0 amide bonds. The highest BCUT2D eigenvalue weighted by molar-refractivity contribution is 5.92. The van der Waals surface area contributed by atoms with Crippen LogP contribution in [0.25, 0.3) is 10.9 Å². The van der Waals surface area contributed by atoms with Gasteiger partial charge in [0.1, 0.15) is 5.75 Å². The number of hydrogen-bond donors (Lipinski definition) is 1. The number of nitrogens with zero attached hydrogens (tertiary/aromatic N) is 1. The summed E-state index contributed by atoms with van der Waals surface area (Å²) in [6.07, 6.45) is 0.576.